The van der Waals surface area contributed by atoms with Gasteiger partial charge >= 0.3 is 11.9 Å². The van der Waals surface area contributed by atoms with Crippen molar-refractivity contribution in [2.45, 2.75) is 0 Å². The van der Waals surface area contributed by atoms with Crippen molar-refractivity contribution in [1.29, 1.82) is 0 Å². The number of hydrogen-bond acceptors (Lipinski definition) is 2. The van der Waals surface area contributed by atoms with Gasteiger partial charge in [-0.05, 0) is 66.0 Å². The molecule has 0 radical (unpaired) electrons. The maximum Gasteiger partial charge on any atom is 0.336 e. The summed E-state index contributed by atoms with van der Waals surface area (Å²) in [7, 11) is 0. The van der Waals surface area contributed by atoms with E-state index in [2.05, 4.69) is 0 Å². The first-order chi connectivity index (χ1) is 15.5. The molecule has 4 nitrogen and oxygen atoms in total. The zero-order valence-corrected chi connectivity index (χ0v) is 16.8. The fourth-order valence-corrected chi connectivity index (χ4v) is 4.95. The molecule has 0 saturated carbocycles. The zero-order valence-electron chi connectivity index (χ0n) is 16.8. The van der Waals surface area contributed by atoms with Crippen LogP contribution in [0.2, 0.25) is 0 Å². The smallest absolute Gasteiger partial charge is 0.336 e. The van der Waals surface area contributed by atoms with E-state index in [1.54, 1.807) is 12.1 Å². The highest BCUT2D eigenvalue weighted by Crippen LogP contribution is 2.42. The fourth-order valence-electron chi connectivity index (χ4n) is 4.95. The first-order valence-corrected chi connectivity index (χ1v) is 10.2. The summed E-state index contributed by atoms with van der Waals surface area (Å²) < 4.78 is 0. The van der Waals surface area contributed by atoms with Crippen LogP contribution in [0, 0.1) is 0 Å². The lowest BCUT2D eigenvalue weighted by molar-refractivity contribution is 0.0689. The molecule has 6 aromatic carbocycles. The minimum Gasteiger partial charge on any atom is -0.478 e. The minimum absolute atomic E-state index is 0.161. The lowest BCUT2D eigenvalue weighted by Crippen LogP contribution is -2.02. The van der Waals surface area contributed by atoms with Crippen LogP contribution < -0.4 is 0 Å². The van der Waals surface area contributed by atoms with Crippen molar-refractivity contribution >= 4 is 65.8 Å². The molecule has 0 aromatic heterocycles. The van der Waals surface area contributed by atoms with E-state index in [4.69, 9.17) is 0 Å². The summed E-state index contributed by atoms with van der Waals surface area (Å²) in [5.74, 6) is -2.08. The Morgan fingerprint density at radius 1 is 0.469 bits per heavy atom. The Labute approximate surface area is 181 Å². The Morgan fingerprint density at radius 2 is 0.906 bits per heavy atom. The SMILES string of the molecule is O=C(O)c1cc2cc(C(=O)O)c3ccc4ccccc4c3c2c2c1ccc1ccccc12. The normalized spacial score (nSPS) is 11.6. The molecule has 0 heterocycles. The molecule has 0 amide bonds. The molecule has 152 valence electrons. The van der Waals surface area contributed by atoms with Crippen LogP contribution in [0.1, 0.15) is 20.7 Å². The van der Waals surface area contributed by atoms with E-state index >= 15 is 0 Å². The van der Waals surface area contributed by atoms with Gasteiger partial charge in [0, 0.05) is 0 Å². The second-order valence-corrected chi connectivity index (χ2v) is 7.98. The molecule has 0 aliphatic heterocycles. The van der Waals surface area contributed by atoms with E-state index in [0.717, 1.165) is 37.7 Å². The predicted molar refractivity (Wildman–Crippen MR) is 128 cm³/mol. The summed E-state index contributed by atoms with van der Waals surface area (Å²) in [5.41, 5.74) is 0.323. The van der Waals surface area contributed by atoms with Crippen LogP contribution in [0.5, 0.6) is 0 Å². The van der Waals surface area contributed by atoms with E-state index in [1.165, 1.54) is 0 Å². The van der Waals surface area contributed by atoms with Gasteiger partial charge in [-0.15, -0.1) is 0 Å². The highest BCUT2D eigenvalue weighted by molar-refractivity contribution is 6.35. The standard InChI is InChI=1S/C28H16O4/c29-27(30)22-13-17-14-23(28(31)32)21-12-10-16-6-2-4-8-19(16)26(21)24(17)25-18-7-3-1-5-15(18)9-11-20(22)25/h1-14H,(H,29,30)(H,31,32). The van der Waals surface area contributed by atoms with E-state index in [-0.39, 0.29) is 11.1 Å². The fraction of sp³-hybridized carbons (Fsp3) is 0. The average Bonchev–Trinajstić information content (AvgIpc) is 2.81. The van der Waals surface area contributed by atoms with Gasteiger partial charge in [0.05, 0.1) is 11.1 Å². The number of carbonyl (C=O) groups is 2. The van der Waals surface area contributed by atoms with Crippen LogP contribution in [0.25, 0.3) is 53.9 Å². The van der Waals surface area contributed by atoms with Gasteiger partial charge in [0.25, 0.3) is 0 Å². The molecule has 0 spiro atoms. The molecule has 6 aromatic rings. The third kappa shape index (κ3) is 2.44. The van der Waals surface area contributed by atoms with Gasteiger partial charge in [-0.2, -0.15) is 0 Å². The molecule has 0 fully saturated rings. The van der Waals surface area contributed by atoms with Gasteiger partial charge in [-0.3, -0.25) is 0 Å². The zero-order chi connectivity index (χ0) is 22.0. The highest BCUT2D eigenvalue weighted by atomic mass is 16.4. The topological polar surface area (TPSA) is 74.6 Å². The first-order valence-electron chi connectivity index (χ1n) is 10.2. The lowest BCUT2D eigenvalue weighted by atomic mass is 9.87. The number of carboxylic acid groups (broad SMARTS) is 2. The van der Waals surface area contributed by atoms with E-state index in [1.807, 2.05) is 72.8 Å². The van der Waals surface area contributed by atoms with Crippen molar-refractivity contribution < 1.29 is 19.8 Å². The molecular formula is C28H16O4. The maximum atomic E-state index is 12.2. The number of rotatable bonds is 2. The summed E-state index contributed by atoms with van der Waals surface area (Å²) in [6, 6.07) is 26.5. The number of benzene rings is 6. The minimum atomic E-state index is -1.04. The van der Waals surface area contributed by atoms with Crippen molar-refractivity contribution in [2.24, 2.45) is 0 Å². The van der Waals surface area contributed by atoms with Gasteiger partial charge in [-0.25, -0.2) is 9.59 Å². The molecule has 2 N–H and O–H groups in total. The maximum absolute atomic E-state index is 12.2. The number of fused-ring (bicyclic) bond motifs is 9. The second-order valence-electron chi connectivity index (χ2n) is 7.98. The van der Waals surface area contributed by atoms with Crippen molar-refractivity contribution in [3.05, 3.63) is 96.1 Å². The van der Waals surface area contributed by atoms with E-state index < -0.39 is 11.9 Å². The van der Waals surface area contributed by atoms with Crippen LogP contribution in [0.3, 0.4) is 0 Å². The molecule has 32 heavy (non-hydrogen) atoms. The summed E-state index contributed by atoms with van der Waals surface area (Å²) >= 11 is 0. The van der Waals surface area contributed by atoms with E-state index in [0.29, 0.717) is 16.2 Å². The molecular weight excluding hydrogens is 400 g/mol. The predicted octanol–water partition coefficient (Wildman–Crippen LogP) is 6.85. The second kappa shape index (κ2) is 6.53. The molecule has 0 aliphatic carbocycles. The highest BCUT2D eigenvalue weighted by Gasteiger charge is 2.20. The quantitative estimate of drug-likeness (QED) is 0.303. The monoisotopic (exact) mass is 416 g/mol. The molecule has 0 saturated heterocycles. The first kappa shape index (κ1) is 18.3. The Balaban J connectivity index is 2.05. The van der Waals surface area contributed by atoms with Gasteiger partial charge in [0.1, 0.15) is 0 Å². The van der Waals surface area contributed by atoms with Crippen LogP contribution in [0.4, 0.5) is 0 Å². The van der Waals surface area contributed by atoms with Crippen molar-refractivity contribution in [3.8, 4) is 0 Å². The summed E-state index contributed by atoms with van der Waals surface area (Å²) in [6.45, 7) is 0. The molecule has 4 heteroatoms. The van der Waals surface area contributed by atoms with Gasteiger partial charge in [0.2, 0.25) is 0 Å². The third-order valence-electron chi connectivity index (χ3n) is 6.29. The molecule has 0 aliphatic rings. The van der Waals surface area contributed by atoms with Crippen LogP contribution >= 0.6 is 0 Å². The van der Waals surface area contributed by atoms with Crippen LogP contribution in [-0.2, 0) is 0 Å². The van der Waals surface area contributed by atoms with Crippen molar-refractivity contribution in [1.82, 2.24) is 0 Å². The average molecular weight is 416 g/mol. The third-order valence-corrected chi connectivity index (χ3v) is 6.29. The Bertz CT molecular complexity index is 1650. The Hall–Kier alpha value is -4.44. The van der Waals surface area contributed by atoms with Gasteiger partial charge in [-0.1, -0.05) is 72.8 Å². The van der Waals surface area contributed by atoms with Crippen molar-refractivity contribution in [3.63, 3.8) is 0 Å². The lowest BCUT2D eigenvalue weighted by Gasteiger charge is -2.16. The molecule has 0 unspecified atom stereocenters. The summed E-state index contributed by atoms with van der Waals surface area (Å²) in [4.78, 5) is 24.3. The van der Waals surface area contributed by atoms with Gasteiger partial charge < -0.3 is 10.2 Å². The summed E-state index contributed by atoms with van der Waals surface area (Å²) in [5, 5.41) is 28.2. The number of hydrogen-bond donors (Lipinski definition) is 2. The molecule has 0 bridgehead atoms. The number of aromatic carboxylic acids is 2. The van der Waals surface area contributed by atoms with Crippen molar-refractivity contribution in [2.75, 3.05) is 0 Å². The molecule has 0 atom stereocenters. The molecule has 6 rings (SSSR count). The number of carboxylic acids is 2. The largest absolute Gasteiger partial charge is 0.478 e. The van der Waals surface area contributed by atoms with Crippen LogP contribution in [-0.4, -0.2) is 22.2 Å². The van der Waals surface area contributed by atoms with Gasteiger partial charge in [0.15, 0.2) is 0 Å². The summed E-state index contributed by atoms with van der Waals surface area (Å²) in [6.07, 6.45) is 0. The van der Waals surface area contributed by atoms with Crippen LogP contribution in [0.15, 0.2) is 84.9 Å². The Kier molecular flexibility index (Phi) is 3.74. The Morgan fingerprint density at radius 3 is 1.34 bits per heavy atom. The van der Waals surface area contributed by atoms with E-state index in [9.17, 15) is 19.8 Å².